The molecule has 0 aliphatic carbocycles. The molecular formula is C20H27N5O2S. The molecule has 0 aliphatic heterocycles. The summed E-state index contributed by atoms with van der Waals surface area (Å²) in [6.07, 6.45) is 3.06. The maximum Gasteiger partial charge on any atom is 0.262 e. The maximum absolute atomic E-state index is 13.0. The highest BCUT2D eigenvalue weighted by atomic mass is 32.2. The zero-order valence-corrected chi connectivity index (χ0v) is 17.5. The van der Waals surface area contributed by atoms with Crippen LogP contribution in [0.5, 0.6) is 0 Å². The van der Waals surface area contributed by atoms with Crippen molar-refractivity contribution < 1.29 is 4.79 Å². The van der Waals surface area contributed by atoms with Gasteiger partial charge >= 0.3 is 0 Å². The summed E-state index contributed by atoms with van der Waals surface area (Å²) in [5, 5.41) is 9.88. The third kappa shape index (κ3) is 3.92. The van der Waals surface area contributed by atoms with Gasteiger partial charge in [0.15, 0.2) is 5.16 Å². The lowest BCUT2D eigenvalue weighted by molar-refractivity contribution is -0.127. The van der Waals surface area contributed by atoms with Crippen LogP contribution in [0.4, 0.5) is 0 Å². The average molecular weight is 402 g/mol. The highest BCUT2D eigenvalue weighted by Gasteiger charge is 2.18. The first-order valence-electron chi connectivity index (χ1n) is 9.89. The van der Waals surface area contributed by atoms with E-state index in [2.05, 4.69) is 17.1 Å². The zero-order chi connectivity index (χ0) is 20.1. The molecule has 150 valence electrons. The molecule has 0 bridgehead atoms. The van der Waals surface area contributed by atoms with Crippen LogP contribution < -0.4 is 5.56 Å². The number of unbranched alkanes of at least 4 members (excludes halogenated alkanes) is 2. The average Bonchev–Trinajstić information content (AvgIpc) is 3.14. The first-order valence-corrected chi connectivity index (χ1v) is 10.9. The van der Waals surface area contributed by atoms with E-state index < -0.39 is 0 Å². The molecule has 8 heteroatoms. The van der Waals surface area contributed by atoms with Gasteiger partial charge in [-0.2, -0.15) is 0 Å². The number of para-hydroxylation sites is 1. The number of fused-ring (bicyclic) bond motifs is 3. The van der Waals surface area contributed by atoms with Crippen LogP contribution in [-0.4, -0.2) is 48.8 Å². The molecule has 0 saturated carbocycles. The number of nitrogens with zero attached hydrogens (tertiary/aromatic N) is 5. The standard InChI is InChI=1S/C20H27N5O2S/c1-4-7-10-13-24-18(27)15-11-8-9-12-16(15)25-19(24)21-22-20(25)28-14-17(26)23(5-2)6-3/h8-9,11-12H,4-7,10,13-14H2,1-3H3. The van der Waals surface area contributed by atoms with E-state index in [-0.39, 0.29) is 11.5 Å². The van der Waals surface area contributed by atoms with E-state index in [1.165, 1.54) is 11.8 Å². The van der Waals surface area contributed by atoms with Crippen molar-refractivity contribution in [3.8, 4) is 0 Å². The number of aromatic nitrogens is 4. The van der Waals surface area contributed by atoms with Crippen LogP contribution in [0.3, 0.4) is 0 Å². The van der Waals surface area contributed by atoms with Gasteiger partial charge in [0.2, 0.25) is 11.7 Å². The Morgan fingerprint density at radius 2 is 1.86 bits per heavy atom. The first kappa shape index (κ1) is 20.4. The molecule has 3 rings (SSSR count). The Morgan fingerprint density at radius 1 is 1.11 bits per heavy atom. The van der Waals surface area contributed by atoms with Crippen LogP contribution in [0.2, 0.25) is 0 Å². The Kier molecular flexibility index (Phi) is 6.72. The van der Waals surface area contributed by atoms with E-state index >= 15 is 0 Å². The first-order chi connectivity index (χ1) is 13.6. The van der Waals surface area contributed by atoms with Crippen molar-refractivity contribution in [2.75, 3.05) is 18.8 Å². The molecule has 0 saturated heterocycles. The van der Waals surface area contributed by atoms with Crippen molar-refractivity contribution in [1.82, 2.24) is 24.1 Å². The number of rotatable bonds is 9. The van der Waals surface area contributed by atoms with Gasteiger partial charge in [-0.05, 0) is 32.4 Å². The minimum Gasteiger partial charge on any atom is -0.343 e. The third-order valence-corrected chi connectivity index (χ3v) is 5.82. The van der Waals surface area contributed by atoms with Crippen LogP contribution in [0.25, 0.3) is 16.7 Å². The van der Waals surface area contributed by atoms with Crippen molar-refractivity contribution in [3.63, 3.8) is 0 Å². The summed E-state index contributed by atoms with van der Waals surface area (Å²) in [4.78, 5) is 27.2. The Balaban J connectivity index is 2.03. The molecule has 1 aromatic carbocycles. The molecule has 1 amide bonds. The van der Waals surface area contributed by atoms with E-state index in [1.807, 2.05) is 42.5 Å². The summed E-state index contributed by atoms with van der Waals surface area (Å²) in [5.41, 5.74) is 0.736. The molecule has 0 fully saturated rings. The summed E-state index contributed by atoms with van der Waals surface area (Å²) in [5.74, 6) is 0.913. The third-order valence-electron chi connectivity index (χ3n) is 4.90. The van der Waals surface area contributed by atoms with Crippen molar-refractivity contribution >= 4 is 34.3 Å². The van der Waals surface area contributed by atoms with E-state index in [4.69, 9.17) is 0 Å². The number of carbonyl (C=O) groups is 1. The Hall–Kier alpha value is -2.35. The number of thioether (sulfide) groups is 1. The van der Waals surface area contributed by atoms with Gasteiger partial charge in [0, 0.05) is 19.6 Å². The number of carbonyl (C=O) groups excluding carboxylic acids is 1. The summed E-state index contributed by atoms with van der Waals surface area (Å²) >= 11 is 1.36. The quantitative estimate of drug-likeness (QED) is 0.407. The highest BCUT2D eigenvalue weighted by Crippen LogP contribution is 2.22. The molecule has 0 unspecified atom stereocenters. The van der Waals surface area contributed by atoms with Gasteiger partial charge in [-0.1, -0.05) is 43.7 Å². The molecule has 0 aliphatic rings. The Morgan fingerprint density at radius 3 is 2.57 bits per heavy atom. The summed E-state index contributed by atoms with van der Waals surface area (Å²) in [7, 11) is 0. The minimum absolute atomic E-state index is 0.0395. The summed E-state index contributed by atoms with van der Waals surface area (Å²) in [6, 6.07) is 7.51. The molecule has 7 nitrogen and oxygen atoms in total. The van der Waals surface area contributed by atoms with Gasteiger partial charge in [-0.15, -0.1) is 10.2 Å². The molecule has 28 heavy (non-hydrogen) atoms. The Bertz CT molecular complexity index is 1020. The molecular weight excluding hydrogens is 374 g/mol. The second kappa shape index (κ2) is 9.23. The van der Waals surface area contributed by atoms with E-state index in [9.17, 15) is 9.59 Å². The highest BCUT2D eigenvalue weighted by molar-refractivity contribution is 7.99. The number of benzene rings is 1. The monoisotopic (exact) mass is 401 g/mol. The largest absolute Gasteiger partial charge is 0.343 e. The van der Waals surface area contributed by atoms with E-state index in [0.717, 1.165) is 24.8 Å². The smallest absolute Gasteiger partial charge is 0.262 e. The molecule has 2 aromatic heterocycles. The van der Waals surface area contributed by atoms with Crippen molar-refractivity contribution in [2.45, 2.75) is 51.7 Å². The molecule has 0 atom stereocenters. The van der Waals surface area contributed by atoms with Crippen LogP contribution in [0.1, 0.15) is 40.0 Å². The predicted molar refractivity (Wildman–Crippen MR) is 113 cm³/mol. The molecule has 0 spiro atoms. The van der Waals surface area contributed by atoms with Crippen LogP contribution in [0, 0.1) is 0 Å². The van der Waals surface area contributed by atoms with Crippen LogP contribution in [0.15, 0.2) is 34.2 Å². The van der Waals surface area contributed by atoms with Crippen LogP contribution >= 0.6 is 11.8 Å². The zero-order valence-electron chi connectivity index (χ0n) is 16.7. The number of aryl methyl sites for hydroxylation is 1. The van der Waals surface area contributed by atoms with Gasteiger partial charge < -0.3 is 4.90 Å². The number of amides is 1. The Labute approximate surface area is 168 Å². The topological polar surface area (TPSA) is 72.5 Å². The number of hydrogen-bond donors (Lipinski definition) is 0. The second-order valence-electron chi connectivity index (χ2n) is 6.65. The predicted octanol–water partition coefficient (Wildman–Crippen LogP) is 3.19. The molecule has 0 N–H and O–H groups in total. The van der Waals surface area contributed by atoms with Gasteiger partial charge in [0.1, 0.15) is 0 Å². The van der Waals surface area contributed by atoms with Gasteiger partial charge in [0.25, 0.3) is 5.56 Å². The summed E-state index contributed by atoms with van der Waals surface area (Å²) in [6.45, 7) is 8.08. The number of hydrogen-bond acceptors (Lipinski definition) is 5. The fraction of sp³-hybridized carbons (Fsp3) is 0.500. The SMILES string of the molecule is CCCCCn1c(=O)c2ccccc2n2c(SCC(=O)N(CC)CC)nnc12. The normalized spacial score (nSPS) is 11.4. The van der Waals surface area contributed by atoms with Crippen LogP contribution in [-0.2, 0) is 11.3 Å². The lowest BCUT2D eigenvalue weighted by atomic mass is 10.2. The fourth-order valence-electron chi connectivity index (χ4n) is 3.34. The lowest BCUT2D eigenvalue weighted by Crippen LogP contribution is -2.31. The van der Waals surface area contributed by atoms with Gasteiger partial charge in [0.05, 0.1) is 16.7 Å². The minimum atomic E-state index is -0.0395. The lowest BCUT2D eigenvalue weighted by Gasteiger charge is -2.17. The van der Waals surface area contributed by atoms with Gasteiger partial charge in [-0.3, -0.25) is 18.6 Å². The van der Waals surface area contributed by atoms with Crippen molar-refractivity contribution in [1.29, 1.82) is 0 Å². The van der Waals surface area contributed by atoms with E-state index in [1.54, 1.807) is 9.47 Å². The van der Waals surface area contributed by atoms with Crippen molar-refractivity contribution in [2.24, 2.45) is 0 Å². The second-order valence-corrected chi connectivity index (χ2v) is 7.60. The molecule has 0 radical (unpaired) electrons. The van der Waals surface area contributed by atoms with Gasteiger partial charge in [-0.25, -0.2) is 0 Å². The maximum atomic E-state index is 13.0. The summed E-state index contributed by atoms with van der Waals surface area (Å²) < 4.78 is 3.62. The molecule has 2 heterocycles. The van der Waals surface area contributed by atoms with Crippen molar-refractivity contribution in [3.05, 3.63) is 34.6 Å². The molecule has 3 aromatic rings. The van der Waals surface area contributed by atoms with E-state index in [0.29, 0.717) is 41.7 Å². The fourth-order valence-corrected chi connectivity index (χ4v) is 4.19.